The monoisotopic (exact) mass is 368 g/mol. The van der Waals surface area contributed by atoms with Crippen LogP contribution in [0.3, 0.4) is 0 Å². The fraction of sp³-hybridized carbons (Fsp3) is 0.455. The van der Waals surface area contributed by atoms with E-state index >= 15 is 0 Å². The molecule has 27 heavy (non-hydrogen) atoms. The molecule has 0 aliphatic carbocycles. The van der Waals surface area contributed by atoms with E-state index in [4.69, 9.17) is 0 Å². The molecule has 1 aliphatic rings. The van der Waals surface area contributed by atoms with Gasteiger partial charge in [0.05, 0.1) is 12.0 Å². The fourth-order valence-corrected chi connectivity index (χ4v) is 3.75. The molecular weight excluding hydrogens is 340 g/mol. The summed E-state index contributed by atoms with van der Waals surface area (Å²) in [7, 11) is 1.77. The van der Waals surface area contributed by atoms with Crippen molar-refractivity contribution < 1.29 is 14.7 Å². The van der Waals surface area contributed by atoms with Crippen molar-refractivity contribution in [3.8, 4) is 0 Å². The van der Waals surface area contributed by atoms with Crippen LogP contribution in [0.2, 0.25) is 0 Å². The molecule has 1 saturated heterocycles. The molecule has 2 aromatic rings. The van der Waals surface area contributed by atoms with Gasteiger partial charge in [-0.1, -0.05) is 36.4 Å². The Labute approximate surface area is 160 Å². The van der Waals surface area contributed by atoms with Gasteiger partial charge in [-0.25, -0.2) is 0 Å². The molecule has 1 aliphatic heterocycles. The van der Waals surface area contributed by atoms with Crippen LogP contribution in [0.5, 0.6) is 0 Å². The van der Waals surface area contributed by atoms with Crippen LogP contribution in [0.1, 0.15) is 36.5 Å². The Morgan fingerprint density at radius 3 is 2.74 bits per heavy atom. The number of benzene rings is 2. The van der Waals surface area contributed by atoms with Crippen LogP contribution in [0.15, 0.2) is 42.5 Å². The van der Waals surface area contributed by atoms with Gasteiger partial charge in [-0.15, -0.1) is 0 Å². The lowest BCUT2D eigenvalue weighted by Gasteiger charge is -2.34. The minimum atomic E-state index is -0.420. The van der Waals surface area contributed by atoms with Gasteiger partial charge in [-0.2, -0.15) is 0 Å². The first-order chi connectivity index (χ1) is 13.0. The SMILES string of the molecule is CC(O)CCN(C)C(=O)C1CCCN(C(=O)c2cccc3ccccc23)C1. The Hall–Kier alpha value is -2.40. The zero-order valence-corrected chi connectivity index (χ0v) is 16.1. The maximum Gasteiger partial charge on any atom is 0.254 e. The number of amides is 2. The van der Waals surface area contributed by atoms with Gasteiger partial charge in [0.1, 0.15) is 0 Å². The number of likely N-dealkylation sites (tertiary alicyclic amines) is 1. The maximum atomic E-state index is 13.1. The number of carbonyl (C=O) groups excluding carboxylic acids is 2. The van der Waals surface area contributed by atoms with Crippen molar-refractivity contribution in [1.82, 2.24) is 9.80 Å². The van der Waals surface area contributed by atoms with E-state index in [0.717, 1.165) is 23.6 Å². The Kier molecular flexibility index (Phi) is 6.11. The number of aliphatic hydroxyl groups is 1. The zero-order valence-electron chi connectivity index (χ0n) is 16.1. The molecule has 1 N–H and O–H groups in total. The van der Waals surface area contributed by atoms with Crippen LogP contribution in [0, 0.1) is 5.92 Å². The summed E-state index contributed by atoms with van der Waals surface area (Å²) >= 11 is 0. The standard InChI is InChI=1S/C22H28N2O3/c1-16(25)12-14-23(2)21(26)18-9-6-13-24(15-18)22(27)20-11-5-8-17-7-3-4-10-19(17)20/h3-5,7-8,10-11,16,18,25H,6,9,12-15H2,1-2H3. The Morgan fingerprint density at radius 1 is 1.22 bits per heavy atom. The Bertz CT molecular complexity index is 813. The predicted molar refractivity (Wildman–Crippen MR) is 107 cm³/mol. The van der Waals surface area contributed by atoms with E-state index in [1.54, 1.807) is 18.9 Å². The van der Waals surface area contributed by atoms with Crippen molar-refractivity contribution in [3.63, 3.8) is 0 Å². The second-order valence-electron chi connectivity index (χ2n) is 7.51. The van der Waals surface area contributed by atoms with Gasteiger partial charge in [-0.3, -0.25) is 9.59 Å². The second kappa shape index (κ2) is 8.53. The Morgan fingerprint density at radius 2 is 1.96 bits per heavy atom. The largest absolute Gasteiger partial charge is 0.393 e. The third kappa shape index (κ3) is 4.48. The first-order valence-electron chi connectivity index (χ1n) is 9.67. The smallest absolute Gasteiger partial charge is 0.254 e. The quantitative estimate of drug-likeness (QED) is 0.883. The Balaban J connectivity index is 1.72. The summed E-state index contributed by atoms with van der Waals surface area (Å²) in [5.74, 6) is -0.112. The number of fused-ring (bicyclic) bond motifs is 1. The topological polar surface area (TPSA) is 60.9 Å². The lowest BCUT2D eigenvalue weighted by Crippen LogP contribution is -2.46. The van der Waals surface area contributed by atoms with Crippen molar-refractivity contribution in [3.05, 3.63) is 48.0 Å². The van der Waals surface area contributed by atoms with Crippen molar-refractivity contribution in [1.29, 1.82) is 0 Å². The number of piperidine rings is 1. The summed E-state index contributed by atoms with van der Waals surface area (Å²) in [4.78, 5) is 29.4. The third-order valence-corrected chi connectivity index (χ3v) is 5.34. The highest BCUT2D eigenvalue weighted by Gasteiger charge is 2.31. The summed E-state index contributed by atoms with van der Waals surface area (Å²) in [6.07, 6.45) is 1.78. The van der Waals surface area contributed by atoms with E-state index in [-0.39, 0.29) is 17.7 Å². The average molecular weight is 368 g/mol. The van der Waals surface area contributed by atoms with Crippen molar-refractivity contribution in [2.45, 2.75) is 32.3 Å². The van der Waals surface area contributed by atoms with Crippen LogP contribution in [0.25, 0.3) is 10.8 Å². The molecule has 0 bridgehead atoms. The molecule has 0 radical (unpaired) electrons. The molecule has 2 unspecified atom stereocenters. The molecule has 2 atom stereocenters. The van der Waals surface area contributed by atoms with Gasteiger partial charge in [0.2, 0.25) is 5.91 Å². The minimum Gasteiger partial charge on any atom is -0.393 e. The van der Waals surface area contributed by atoms with Gasteiger partial charge >= 0.3 is 0 Å². The van der Waals surface area contributed by atoms with Crippen LogP contribution < -0.4 is 0 Å². The molecule has 5 heteroatoms. The maximum absolute atomic E-state index is 13.1. The highest BCUT2D eigenvalue weighted by molar-refractivity contribution is 6.07. The molecule has 2 amide bonds. The average Bonchev–Trinajstić information content (AvgIpc) is 2.70. The van der Waals surface area contributed by atoms with E-state index in [0.29, 0.717) is 31.6 Å². The summed E-state index contributed by atoms with van der Waals surface area (Å²) in [6, 6.07) is 13.7. The number of rotatable bonds is 5. The molecule has 5 nitrogen and oxygen atoms in total. The molecule has 1 heterocycles. The molecule has 144 valence electrons. The zero-order chi connectivity index (χ0) is 19.4. The summed E-state index contributed by atoms with van der Waals surface area (Å²) in [5.41, 5.74) is 0.698. The highest BCUT2D eigenvalue weighted by atomic mass is 16.3. The van der Waals surface area contributed by atoms with E-state index < -0.39 is 6.10 Å². The van der Waals surface area contributed by atoms with Gasteiger partial charge in [0.15, 0.2) is 0 Å². The van der Waals surface area contributed by atoms with Crippen LogP contribution in [-0.2, 0) is 4.79 Å². The minimum absolute atomic E-state index is 0.00377. The normalized spacial score (nSPS) is 18.3. The molecule has 0 saturated carbocycles. The van der Waals surface area contributed by atoms with E-state index in [1.807, 2.05) is 47.4 Å². The summed E-state index contributed by atoms with van der Waals surface area (Å²) < 4.78 is 0. The van der Waals surface area contributed by atoms with Crippen molar-refractivity contribution >= 4 is 22.6 Å². The van der Waals surface area contributed by atoms with Gasteiger partial charge in [0, 0.05) is 32.2 Å². The number of carbonyl (C=O) groups is 2. The van der Waals surface area contributed by atoms with E-state index in [9.17, 15) is 14.7 Å². The fourth-order valence-electron chi connectivity index (χ4n) is 3.75. The highest BCUT2D eigenvalue weighted by Crippen LogP contribution is 2.24. The summed E-state index contributed by atoms with van der Waals surface area (Å²) in [6.45, 7) is 3.40. The van der Waals surface area contributed by atoms with Crippen molar-refractivity contribution in [2.24, 2.45) is 5.92 Å². The number of aliphatic hydroxyl groups excluding tert-OH is 1. The lowest BCUT2D eigenvalue weighted by molar-refractivity contribution is -0.135. The van der Waals surface area contributed by atoms with Crippen LogP contribution in [-0.4, -0.2) is 59.5 Å². The molecule has 0 spiro atoms. The molecule has 3 rings (SSSR count). The lowest BCUT2D eigenvalue weighted by atomic mass is 9.95. The van der Waals surface area contributed by atoms with Crippen LogP contribution >= 0.6 is 0 Å². The number of nitrogens with zero attached hydrogens (tertiary/aromatic N) is 2. The van der Waals surface area contributed by atoms with E-state index in [1.165, 1.54) is 0 Å². The van der Waals surface area contributed by atoms with Gasteiger partial charge < -0.3 is 14.9 Å². The third-order valence-electron chi connectivity index (χ3n) is 5.34. The molecule has 1 fully saturated rings. The molecular formula is C22H28N2O3. The summed E-state index contributed by atoms with van der Waals surface area (Å²) in [5, 5.41) is 11.4. The number of hydrogen-bond acceptors (Lipinski definition) is 3. The second-order valence-corrected chi connectivity index (χ2v) is 7.51. The predicted octanol–water partition coefficient (Wildman–Crippen LogP) is 2.92. The van der Waals surface area contributed by atoms with Crippen LogP contribution in [0.4, 0.5) is 0 Å². The van der Waals surface area contributed by atoms with Gasteiger partial charge in [0.25, 0.3) is 5.91 Å². The first-order valence-corrected chi connectivity index (χ1v) is 9.67. The van der Waals surface area contributed by atoms with Gasteiger partial charge in [-0.05, 0) is 43.0 Å². The number of hydrogen-bond donors (Lipinski definition) is 1. The molecule has 2 aromatic carbocycles. The van der Waals surface area contributed by atoms with E-state index in [2.05, 4.69) is 0 Å². The molecule has 0 aromatic heterocycles. The first kappa shape index (κ1) is 19.4. The van der Waals surface area contributed by atoms with Crippen molar-refractivity contribution in [2.75, 3.05) is 26.7 Å².